The molecule has 0 aliphatic rings. The Kier molecular flexibility index (Phi) is 2.51. The van der Waals surface area contributed by atoms with Crippen molar-refractivity contribution in [2.24, 2.45) is 0 Å². The molecule has 1 aromatic carbocycles. The highest BCUT2D eigenvalue weighted by Crippen LogP contribution is 2.31. The Morgan fingerprint density at radius 2 is 2.00 bits per heavy atom. The van der Waals surface area contributed by atoms with Crippen molar-refractivity contribution < 1.29 is 23.8 Å². The van der Waals surface area contributed by atoms with E-state index < -0.39 is 23.4 Å². The lowest BCUT2D eigenvalue weighted by atomic mass is 10.1. The zero-order valence-electron chi connectivity index (χ0n) is 8.24. The van der Waals surface area contributed by atoms with Crippen LogP contribution < -0.4 is 0 Å². The summed E-state index contributed by atoms with van der Waals surface area (Å²) in [6, 6.07) is 2.33. The van der Waals surface area contributed by atoms with Crippen molar-refractivity contribution in [3.63, 3.8) is 0 Å². The summed E-state index contributed by atoms with van der Waals surface area (Å²) < 4.78 is 26.1. The second-order valence-corrected chi connectivity index (χ2v) is 3.25. The van der Waals surface area contributed by atoms with Gasteiger partial charge in [-0.05, 0) is 6.07 Å². The molecule has 3 N–H and O–H groups in total. The summed E-state index contributed by atoms with van der Waals surface area (Å²) in [6.07, 6.45) is 0. The van der Waals surface area contributed by atoms with Crippen molar-refractivity contribution in [3.05, 3.63) is 35.5 Å². The molecule has 0 saturated carbocycles. The predicted octanol–water partition coefficient (Wildman–Crippen LogP) is 1.76. The molecule has 0 aliphatic carbocycles. The van der Waals surface area contributed by atoms with Crippen LogP contribution >= 0.6 is 0 Å². The first-order valence-electron chi connectivity index (χ1n) is 4.46. The topological polar surface area (TPSA) is 86.2 Å². The van der Waals surface area contributed by atoms with Crippen LogP contribution in [0.15, 0.2) is 18.2 Å². The van der Waals surface area contributed by atoms with E-state index in [2.05, 4.69) is 10.2 Å². The molecule has 0 saturated heterocycles. The maximum Gasteiger partial charge on any atom is 0.353 e. The Balaban J connectivity index is 2.56. The third-order valence-corrected chi connectivity index (χ3v) is 2.10. The molecule has 88 valence electrons. The van der Waals surface area contributed by atoms with Gasteiger partial charge in [-0.25, -0.2) is 13.6 Å². The minimum Gasteiger partial charge on any atom is -0.507 e. The van der Waals surface area contributed by atoms with Gasteiger partial charge in [0.25, 0.3) is 0 Å². The summed E-state index contributed by atoms with van der Waals surface area (Å²) in [5, 5.41) is 23.7. The number of carboxylic acid groups (broad SMARTS) is 1. The maximum absolute atomic E-state index is 13.4. The summed E-state index contributed by atoms with van der Waals surface area (Å²) in [5.41, 5.74) is -0.726. The number of aromatic carboxylic acids is 1. The fourth-order valence-electron chi connectivity index (χ4n) is 1.37. The molecule has 0 spiro atoms. The van der Waals surface area contributed by atoms with Crippen LogP contribution in [0.3, 0.4) is 0 Å². The molecule has 0 amide bonds. The first-order chi connectivity index (χ1) is 7.99. The van der Waals surface area contributed by atoms with E-state index in [0.29, 0.717) is 12.1 Å². The van der Waals surface area contributed by atoms with E-state index in [-0.39, 0.29) is 17.0 Å². The third kappa shape index (κ3) is 1.94. The van der Waals surface area contributed by atoms with Gasteiger partial charge in [0.1, 0.15) is 23.1 Å². The van der Waals surface area contributed by atoms with Gasteiger partial charge in [0.15, 0.2) is 0 Å². The second-order valence-electron chi connectivity index (χ2n) is 3.25. The maximum atomic E-state index is 13.4. The SMILES string of the molecule is O=C(O)c1cc(-c2c(O)cc(F)cc2F)n[nH]1. The average Bonchev–Trinajstić information content (AvgIpc) is 2.65. The van der Waals surface area contributed by atoms with Crippen molar-refractivity contribution in [1.82, 2.24) is 10.2 Å². The van der Waals surface area contributed by atoms with Gasteiger partial charge in [-0.15, -0.1) is 0 Å². The normalized spacial score (nSPS) is 10.5. The molecule has 17 heavy (non-hydrogen) atoms. The van der Waals surface area contributed by atoms with E-state index in [1.165, 1.54) is 0 Å². The zero-order chi connectivity index (χ0) is 12.6. The molecule has 0 radical (unpaired) electrons. The van der Waals surface area contributed by atoms with E-state index in [1.807, 2.05) is 0 Å². The molecule has 0 fully saturated rings. The molecule has 0 unspecified atom stereocenters. The van der Waals surface area contributed by atoms with Crippen LogP contribution in [0.5, 0.6) is 5.75 Å². The number of hydrogen-bond acceptors (Lipinski definition) is 3. The Morgan fingerprint density at radius 1 is 1.29 bits per heavy atom. The lowest BCUT2D eigenvalue weighted by Gasteiger charge is -2.02. The van der Waals surface area contributed by atoms with E-state index >= 15 is 0 Å². The predicted molar refractivity (Wildman–Crippen MR) is 52.6 cm³/mol. The fourth-order valence-corrected chi connectivity index (χ4v) is 1.37. The van der Waals surface area contributed by atoms with Crippen LogP contribution in [0.2, 0.25) is 0 Å². The standard InChI is InChI=1S/C10H6F2N2O3/c11-4-1-5(12)9(8(15)2-4)6-3-7(10(16)17)14-13-6/h1-3,15H,(H,13,14)(H,16,17). The first-order valence-corrected chi connectivity index (χ1v) is 4.46. The quantitative estimate of drug-likeness (QED) is 0.746. The second kappa shape index (κ2) is 3.85. The lowest BCUT2D eigenvalue weighted by Crippen LogP contribution is -1.95. The number of phenolic OH excluding ortho intramolecular Hbond substituents is 1. The minimum absolute atomic E-state index is 0.114. The first kappa shape index (κ1) is 11.1. The molecule has 0 aliphatic heterocycles. The molecule has 1 aromatic heterocycles. The Labute approximate surface area is 93.3 Å². The van der Waals surface area contributed by atoms with Gasteiger partial charge in [0, 0.05) is 12.1 Å². The summed E-state index contributed by atoms with van der Waals surface area (Å²) in [5.74, 6) is -3.87. The smallest absolute Gasteiger partial charge is 0.353 e. The number of aromatic nitrogens is 2. The zero-order valence-corrected chi connectivity index (χ0v) is 8.24. The number of nitrogens with one attached hydrogen (secondary N) is 1. The van der Waals surface area contributed by atoms with Crippen molar-refractivity contribution in [2.45, 2.75) is 0 Å². The van der Waals surface area contributed by atoms with E-state index in [9.17, 15) is 18.7 Å². The number of rotatable bonds is 2. The fraction of sp³-hybridized carbons (Fsp3) is 0. The van der Waals surface area contributed by atoms with Gasteiger partial charge < -0.3 is 10.2 Å². The Bertz CT molecular complexity index is 572. The number of H-pyrrole nitrogens is 1. The van der Waals surface area contributed by atoms with Crippen molar-refractivity contribution in [3.8, 4) is 17.0 Å². The third-order valence-electron chi connectivity index (χ3n) is 2.10. The van der Waals surface area contributed by atoms with E-state index in [4.69, 9.17) is 5.11 Å². The monoisotopic (exact) mass is 240 g/mol. The number of halogens is 2. The molecule has 1 heterocycles. The van der Waals surface area contributed by atoms with Gasteiger partial charge in [0.2, 0.25) is 0 Å². The molecular weight excluding hydrogens is 234 g/mol. The number of nitrogens with zero attached hydrogens (tertiary/aromatic N) is 1. The van der Waals surface area contributed by atoms with Crippen molar-refractivity contribution in [2.75, 3.05) is 0 Å². The number of carboxylic acids is 1. The summed E-state index contributed by atoms with van der Waals surface area (Å²) in [6.45, 7) is 0. The van der Waals surface area contributed by atoms with Crippen LogP contribution in [-0.4, -0.2) is 26.4 Å². The van der Waals surface area contributed by atoms with Crippen LogP contribution in [0, 0.1) is 11.6 Å². The Hall–Kier alpha value is -2.44. The van der Waals surface area contributed by atoms with Gasteiger partial charge >= 0.3 is 5.97 Å². The van der Waals surface area contributed by atoms with Crippen molar-refractivity contribution >= 4 is 5.97 Å². The number of aromatic amines is 1. The molecule has 2 aromatic rings. The number of phenols is 1. The largest absolute Gasteiger partial charge is 0.507 e. The van der Waals surface area contributed by atoms with E-state index in [1.54, 1.807) is 0 Å². The number of benzene rings is 1. The molecule has 0 atom stereocenters. The molecule has 7 heteroatoms. The molecular formula is C10H6F2N2O3. The minimum atomic E-state index is -1.27. The van der Waals surface area contributed by atoms with Gasteiger partial charge in [0.05, 0.1) is 11.3 Å². The molecule has 2 rings (SSSR count). The average molecular weight is 240 g/mol. The van der Waals surface area contributed by atoms with E-state index in [0.717, 1.165) is 6.07 Å². The highest BCUT2D eigenvalue weighted by atomic mass is 19.1. The summed E-state index contributed by atoms with van der Waals surface area (Å²) in [7, 11) is 0. The van der Waals surface area contributed by atoms with Crippen molar-refractivity contribution in [1.29, 1.82) is 0 Å². The summed E-state index contributed by atoms with van der Waals surface area (Å²) >= 11 is 0. The number of aromatic hydroxyl groups is 1. The van der Waals surface area contributed by atoms with Gasteiger partial charge in [-0.3, -0.25) is 5.10 Å². The summed E-state index contributed by atoms with van der Waals surface area (Å²) in [4.78, 5) is 10.6. The van der Waals surface area contributed by atoms with Crippen LogP contribution in [0.1, 0.15) is 10.5 Å². The Morgan fingerprint density at radius 3 is 2.53 bits per heavy atom. The molecule has 5 nitrogen and oxygen atoms in total. The van der Waals surface area contributed by atoms with Crippen LogP contribution in [0.25, 0.3) is 11.3 Å². The van der Waals surface area contributed by atoms with Crippen LogP contribution in [0.4, 0.5) is 8.78 Å². The number of hydrogen-bond donors (Lipinski definition) is 3. The highest BCUT2D eigenvalue weighted by molar-refractivity contribution is 5.87. The van der Waals surface area contributed by atoms with Gasteiger partial charge in [-0.1, -0.05) is 0 Å². The van der Waals surface area contributed by atoms with Crippen LogP contribution in [-0.2, 0) is 0 Å². The highest BCUT2D eigenvalue weighted by Gasteiger charge is 2.17. The lowest BCUT2D eigenvalue weighted by molar-refractivity contribution is 0.0690. The van der Waals surface area contributed by atoms with Gasteiger partial charge in [-0.2, -0.15) is 5.10 Å². The molecule has 0 bridgehead atoms. The number of carbonyl (C=O) groups is 1.